The third-order valence-electron chi connectivity index (χ3n) is 4.52. The predicted molar refractivity (Wildman–Crippen MR) is 105 cm³/mol. The minimum absolute atomic E-state index is 0.0101. The Hall–Kier alpha value is -2.73. The third kappa shape index (κ3) is 5.01. The number of morpholine rings is 1. The van der Waals surface area contributed by atoms with Crippen LogP contribution in [0.15, 0.2) is 53.4 Å². The molecule has 8 heteroatoms. The van der Waals surface area contributed by atoms with Crippen LogP contribution in [0.25, 0.3) is 0 Å². The summed E-state index contributed by atoms with van der Waals surface area (Å²) in [5.74, 6) is -0.631. The standard InChI is InChI=1S/C21H22N2O5S/c1-15-12-23(13-16(2)28-15)29(25,26)20-8-4-7-19(10-20)21(24)27-14-18-6-3-5-17(9-18)11-22/h3-10,15-16H,12-14H2,1-2H3/t15-,16-/m0/s1. The number of hydrogen-bond donors (Lipinski definition) is 0. The maximum Gasteiger partial charge on any atom is 0.338 e. The highest BCUT2D eigenvalue weighted by Crippen LogP contribution is 2.22. The van der Waals surface area contributed by atoms with Crippen LogP contribution >= 0.6 is 0 Å². The summed E-state index contributed by atoms with van der Waals surface area (Å²) in [7, 11) is -3.75. The lowest BCUT2D eigenvalue weighted by Crippen LogP contribution is -2.48. The van der Waals surface area contributed by atoms with Gasteiger partial charge in [-0.25, -0.2) is 13.2 Å². The summed E-state index contributed by atoms with van der Waals surface area (Å²) < 4.78 is 38.2. The number of hydrogen-bond acceptors (Lipinski definition) is 6. The zero-order chi connectivity index (χ0) is 21.0. The fourth-order valence-electron chi connectivity index (χ4n) is 3.22. The number of carbonyl (C=O) groups excluding carboxylic acids is 1. The highest BCUT2D eigenvalue weighted by atomic mass is 32.2. The number of ether oxygens (including phenoxy) is 2. The fraction of sp³-hybridized carbons (Fsp3) is 0.333. The van der Waals surface area contributed by atoms with Crippen LogP contribution < -0.4 is 0 Å². The number of sulfonamides is 1. The Morgan fingerprint density at radius 1 is 1.17 bits per heavy atom. The first-order valence-electron chi connectivity index (χ1n) is 9.21. The smallest absolute Gasteiger partial charge is 0.338 e. The van der Waals surface area contributed by atoms with Crippen molar-refractivity contribution in [2.75, 3.05) is 13.1 Å². The number of benzene rings is 2. The van der Waals surface area contributed by atoms with Gasteiger partial charge in [-0.3, -0.25) is 0 Å². The molecule has 0 unspecified atom stereocenters. The van der Waals surface area contributed by atoms with Gasteiger partial charge in [-0.2, -0.15) is 9.57 Å². The van der Waals surface area contributed by atoms with E-state index < -0.39 is 16.0 Å². The van der Waals surface area contributed by atoms with E-state index in [9.17, 15) is 13.2 Å². The second-order valence-corrected chi connectivity index (χ2v) is 8.93. The molecule has 0 aromatic heterocycles. The van der Waals surface area contributed by atoms with E-state index >= 15 is 0 Å². The van der Waals surface area contributed by atoms with Crippen LogP contribution in [-0.4, -0.2) is 44.0 Å². The number of carbonyl (C=O) groups is 1. The summed E-state index contributed by atoms with van der Waals surface area (Å²) >= 11 is 0. The SMILES string of the molecule is C[C@H]1CN(S(=O)(=O)c2cccc(C(=O)OCc3cccc(C#N)c3)c2)C[C@H](C)O1. The molecule has 1 aliphatic heterocycles. The molecule has 29 heavy (non-hydrogen) atoms. The molecule has 2 aromatic rings. The maximum absolute atomic E-state index is 13.0. The largest absolute Gasteiger partial charge is 0.457 e. The average molecular weight is 414 g/mol. The molecule has 2 atom stereocenters. The lowest BCUT2D eigenvalue weighted by Gasteiger charge is -2.34. The van der Waals surface area contributed by atoms with Gasteiger partial charge in [0.15, 0.2) is 0 Å². The summed E-state index contributed by atoms with van der Waals surface area (Å²) in [5, 5.41) is 8.94. The normalized spacial score (nSPS) is 20.0. The Bertz CT molecular complexity index is 1040. The molecule has 0 amide bonds. The average Bonchev–Trinajstić information content (AvgIpc) is 2.71. The third-order valence-corrected chi connectivity index (χ3v) is 6.35. The molecule has 0 aliphatic carbocycles. The predicted octanol–water partition coefficient (Wildman–Crippen LogP) is 2.71. The van der Waals surface area contributed by atoms with Crippen molar-refractivity contribution in [1.29, 1.82) is 5.26 Å². The molecular weight excluding hydrogens is 392 g/mol. The van der Waals surface area contributed by atoms with Crippen molar-refractivity contribution in [1.82, 2.24) is 4.31 Å². The Morgan fingerprint density at radius 2 is 1.86 bits per heavy atom. The molecule has 0 saturated carbocycles. The topological polar surface area (TPSA) is 96.7 Å². The Kier molecular flexibility index (Phi) is 6.33. The van der Waals surface area contributed by atoms with Crippen LogP contribution in [0.4, 0.5) is 0 Å². The highest BCUT2D eigenvalue weighted by Gasteiger charge is 2.32. The van der Waals surface area contributed by atoms with Crippen LogP contribution in [0.3, 0.4) is 0 Å². The molecule has 1 heterocycles. The first kappa shape index (κ1) is 21.0. The lowest BCUT2D eigenvalue weighted by molar-refractivity contribution is -0.0440. The van der Waals surface area contributed by atoms with Crippen LogP contribution in [0, 0.1) is 11.3 Å². The van der Waals surface area contributed by atoms with Gasteiger partial charge in [0.1, 0.15) is 6.61 Å². The van der Waals surface area contributed by atoms with E-state index in [1.807, 2.05) is 19.9 Å². The highest BCUT2D eigenvalue weighted by molar-refractivity contribution is 7.89. The van der Waals surface area contributed by atoms with E-state index in [4.69, 9.17) is 14.7 Å². The van der Waals surface area contributed by atoms with E-state index in [0.717, 1.165) is 0 Å². The molecule has 1 fully saturated rings. The zero-order valence-electron chi connectivity index (χ0n) is 16.2. The number of rotatable bonds is 5. The van der Waals surface area contributed by atoms with Crippen molar-refractivity contribution in [3.05, 3.63) is 65.2 Å². The Morgan fingerprint density at radius 3 is 2.55 bits per heavy atom. The maximum atomic E-state index is 13.0. The summed E-state index contributed by atoms with van der Waals surface area (Å²) in [6, 6.07) is 14.6. The monoisotopic (exact) mass is 414 g/mol. The minimum atomic E-state index is -3.75. The molecule has 0 spiro atoms. The van der Waals surface area contributed by atoms with Gasteiger partial charge in [0.25, 0.3) is 0 Å². The van der Waals surface area contributed by atoms with Crippen molar-refractivity contribution in [2.45, 2.75) is 37.6 Å². The van der Waals surface area contributed by atoms with Gasteiger partial charge >= 0.3 is 5.97 Å². The van der Waals surface area contributed by atoms with Crippen LogP contribution in [0.5, 0.6) is 0 Å². The van der Waals surface area contributed by atoms with Gasteiger partial charge < -0.3 is 9.47 Å². The fourth-order valence-corrected chi connectivity index (χ4v) is 4.86. The summed E-state index contributed by atoms with van der Waals surface area (Å²) in [4.78, 5) is 12.5. The number of nitrogens with zero attached hydrogens (tertiary/aromatic N) is 2. The summed E-state index contributed by atoms with van der Waals surface area (Å²) in [6.45, 7) is 4.16. The van der Waals surface area contributed by atoms with Crippen molar-refractivity contribution in [3.8, 4) is 6.07 Å². The summed E-state index contributed by atoms with van der Waals surface area (Å²) in [6.07, 6.45) is -0.406. The minimum Gasteiger partial charge on any atom is -0.457 e. The molecular formula is C21H22N2O5S. The molecule has 0 N–H and O–H groups in total. The lowest BCUT2D eigenvalue weighted by atomic mass is 10.1. The van der Waals surface area contributed by atoms with Crippen LogP contribution in [-0.2, 0) is 26.1 Å². The van der Waals surface area contributed by atoms with E-state index in [0.29, 0.717) is 11.1 Å². The Balaban J connectivity index is 1.74. The van der Waals surface area contributed by atoms with Crippen LogP contribution in [0.1, 0.15) is 35.3 Å². The van der Waals surface area contributed by atoms with Gasteiger partial charge in [-0.15, -0.1) is 0 Å². The van der Waals surface area contributed by atoms with Gasteiger partial charge in [0, 0.05) is 13.1 Å². The molecule has 3 rings (SSSR count). The van der Waals surface area contributed by atoms with E-state index in [1.54, 1.807) is 24.3 Å². The van der Waals surface area contributed by atoms with E-state index in [2.05, 4.69) is 0 Å². The molecule has 1 aliphatic rings. The van der Waals surface area contributed by atoms with Gasteiger partial charge in [-0.05, 0) is 49.7 Å². The second-order valence-electron chi connectivity index (χ2n) is 7.00. The molecule has 7 nitrogen and oxygen atoms in total. The van der Waals surface area contributed by atoms with E-state index in [-0.39, 0.29) is 42.4 Å². The summed E-state index contributed by atoms with van der Waals surface area (Å²) in [5.41, 5.74) is 1.30. The quantitative estimate of drug-likeness (QED) is 0.698. The molecule has 152 valence electrons. The van der Waals surface area contributed by atoms with Crippen molar-refractivity contribution in [3.63, 3.8) is 0 Å². The van der Waals surface area contributed by atoms with Gasteiger partial charge in [-0.1, -0.05) is 18.2 Å². The zero-order valence-corrected chi connectivity index (χ0v) is 17.1. The Labute approximate surface area is 170 Å². The first-order chi connectivity index (χ1) is 13.8. The van der Waals surface area contributed by atoms with E-state index in [1.165, 1.54) is 28.6 Å². The van der Waals surface area contributed by atoms with Gasteiger partial charge in [0.2, 0.25) is 10.0 Å². The molecule has 0 radical (unpaired) electrons. The van der Waals surface area contributed by atoms with Crippen molar-refractivity contribution >= 4 is 16.0 Å². The molecule has 1 saturated heterocycles. The van der Waals surface area contributed by atoms with Gasteiger partial charge in [0.05, 0.1) is 34.3 Å². The number of nitriles is 1. The van der Waals surface area contributed by atoms with Crippen molar-refractivity contribution in [2.24, 2.45) is 0 Å². The number of esters is 1. The molecule has 0 bridgehead atoms. The van der Waals surface area contributed by atoms with Crippen LogP contribution in [0.2, 0.25) is 0 Å². The first-order valence-corrected chi connectivity index (χ1v) is 10.7. The van der Waals surface area contributed by atoms with Crippen molar-refractivity contribution < 1.29 is 22.7 Å². The molecule has 2 aromatic carbocycles. The second kappa shape index (κ2) is 8.74.